The number of carbonyl (C=O) groups excluding carboxylic acids is 2. The van der Waals surface area contributed by atoms with Crippen LogP contribution in [0.3, 0.4) is 0 Å². The Bertz CT molecular complexity index is 1510. The molecule has 6 heteroatoms. The molecule has 0 bridgehead atoms. The summed E-state index contributed by atoms with van der Waals surface area (Å²) in [5.74, 6) is 0.289. The van der Waals surface area contributed by atoms with E-state index in [0.29, 0.717) is 44.6 Å². The number of hydrogen-bond acceptors (Lipinski definition) is 4. The molecule has 1 aromatic heterocycles. The van der Waals surface area contributed by atoms with E-state index in [1.54, 1.807) is 66.9 Å². The number of oxazole rings is 1. The van der Waals surface area contributed by atoms with Crippen LogP contribution in [0.5, 0.6) is 0 Å². The van der Waals surface area contributed by atoms with Crippen LogP contribution < -0.4 is 5.32 Å². The third-order valence-corrected chi connectivity index (χ3v) is 5.71. The molecule has 0 aliphatic carbocycles. The zero-order valence-electron chi connectivity index (χ0n) is 18.4. The topological polar surface area (TPSA) is 72.2 Å². The van der Waals surface area contributed by atoms with Gasteiger partial charge < -0.3 is 9.73 Å². The van der Waals surface area contributed by atoms with E-state index in [2.05, 4.69) is 10.3 Å². The minimum Gasteiger partial charge on any atom is -0.436 e. The molecule has 5 rings (SSSR count). The van der Waals surface area contributed by atoms with Crippen molar-refractivity contribution in [2.75, 3.05) is 5.32 Å². The second kappa shape index (κ2) is 9.79. The van der Waals surface area contributed by atoms with Crippen molar-refractivity contribution in [3.63, 3.8) is 0 Å². The molecule has 5 nitrogen and oxygen atoms in total. The second-order valence-corrected chi connectivity index (χ2v) is 8.22. The third kappa shape index (κ3) is 4.76. The summed E-state index contributed by atoms with van der Waals surface area (Å²) < 4.78 is 5.97. The predicted octanol–water partition coefficient (Wildman–Crippen LogP) is 7.15. The lowest BCUT2D eigenvalue weighted by Gasteiger charge is -2.12. The van der Waals surface area contributed by atoms with E-state index >= 15 is 0 Å². The number of nitrogens with one attached hydrogen (secondary N) is 1. The number of ketones is 1. The van der Waals surface area contributed by atoms with Crippen LogP contribution in [0.2, 0.25) is 5.02 Å². The molecule has 1 amide bonds. The van der Waals surface area contributed by atoms with Crippen molar-refractivity contribution in [3.8, 4) is 22.8 Å². The maximum absolute atomic E-state index is 13.4. The minimum absolute atomic E-state index is 0.239. The van der Waals surface area contributed by atoms with E-state index in [1.807, 2.05) is 42.5 Å². The molecule has 5 aromatic rings. The normalized spacial score (nSPS) is 10.7. The van der Waals surface area contributed by atoms with E-state index < -0.39 is 5.91 Å². The van der Waals surface area contributed by atoms with Gasteiger partial charge in [0.1, 0.15) is 0 Å². The molecule has 35 heavy (non-hydrogen) atoms. The van der Waals surface area contributed by atoms with Crippen molar-refractivity contribution >= 4 is 29.0 Å². The van der Waals surface area contributed by atoms with Gasteiger partial charge in [0.25, 0.3) is 5.91 Å². The summed E-state index contributed by atoms with van der Waals surface area (Å²) in [6, 6.07) is 30.3. The molecule has 0 fully saturated rings. The first kappa shape index (κ1) is 22.3. The smallest absolute Gasteiger partial charge is 0.256 e. The van der Waals surface area contributed by atoms with Gasteiger partial charge in [0.2, 0.25) is 5.89 Å². The molecule has 170 valence electrons. The van der Waals surface area contributed by atoms with Crippen molar-refractivity contribution in [1.29, 1.82) is 0 Å². The van der Waals surface area contributed by atoms with Gasteiger partial charge in [-0.25, -0.2) is 4.98 Å². The van der Waals surface area contributed by atoms with Crippen molar-refractivity contribution in [1.82, 2.24) is 4.98 Å². The number of aromatic nitrogens is 1. The van der Waals surface area contributed by atoms with Crippen molar-refractivity contribution in [2.45, 2.75) is 0 Å². The van der Waals surface area contributed by atoms with Crippen LogP contribution >= 0.6 is 11.6 Å². The van der Waals surface area contributed by atoms with Crippen LogP contribution in [-0.2, 0) is 0 Å². The maximum atomic E-state index is 13.4. The van der Waals surface area contributed by atoms with Crippen LogP contribution in [0, 0.1) is 0 Å². The summed E-state index contributed by atoms with van der Waals surface area (Å²) in [4.78, 5) is 30.9. The first-order chi connectivity index (χ1) is 17.1. The Morgan fingerprint density at radius 3 is 2.23 bits per heavy atom. The van der Waals surface area contributed by atoms with Crippen LogP contribution in [0.1, 0.15) is 26.3 Å². The standard InChI is InChI=1S/C29H19ClN2O3/c30-21-15-16-25(24(17-21)27(33)20-11-5-2-6-12-20)32-28(34)22-13-7-8-14-23(22)29-31-18-26(35-29)19-9-3-1-4-10-19/h1-18H,(H,32,34). The van der Waals surface area contributed by atoms with Gasteiger partial charge in [-0.1, -0.05) is 84.4 Å². The summed E-state index contributed by atoms with van der Waals surface area (Å²) in [6.07, 6.45) is 1.63. The van der Waals surface area contributed by atoms with Crippen LogP contribution in [0.25, 0.3) is 22.8 Å². The van der Waals surface area contributed by atoms with E-state index in [1.165, 1.54) is 0 Å². The number of benzene rings is 4. The van der Waals surface area contributed by atoms with Crippen molar-refractivity contribution < 1.29 is 14.0 Å². The van der Waals surface area contributed by atoms with E-state index in [-0.39, 0.29) is 5.78 Å². The van der Waals surface area contributed by atoms with Gasteiger partial charge in [0.05, 0.1) is 17.4 Å². The molecule has 0 saturated carbocycles. The average molecular weight is 479 g/mol. The highest BCUT2D eigenvalue weighted by molar-refractivity contribution is 6.31. The number of nitrogens with zero attached hydrogens (tertiary/aromatic N) is 1. The Kier molecular flexibility index (Phi) is 6.24. The fourth-order valence-corrected chi connectivity index (χ4v) is 3.92. The molecule has 4 aromatic carbocycles. The number of amides is 1. The molecule has 0 atom stereocenters. The number of carbonyl (C=O) groups is 2. The number of hydrogen-bond donors (Lipinski definition) is 1. The molecule has 1 N–H and O–H groups in total. The number of rotatable bonds is 6. The van der Waals surface area contributed by atoms with Crippen LogP contribution in [0.4, 0.5) is 5.69 Å². The van der Waals surface area contributed by atoms with E-state index in [4.69, 9.17) is 16.0 Å². The van der Waals surface area contributed by atoms with Gasteiger partial charge in [0.15, 0.2) is 11.5 Å². The SMILES string of the molecule is O=C(c1ccccc1)c1cc(Cl)ccc1NC(=O)c1ccccc1-c1ncc(-c2ccccc2)o1. The van der Waals surface area contributed by atoms with Crippen LogP contribution in [0.15, 0.2) is 114 Å². The van der Waals surface area contributed by atoms with Crippen molar-refractivity contribution in [3.05, 3.63) is 131 Å². The zero-order chi connectivity index (χ0) is 24.2. The first-order valence-electron chi connectivity index (χ1n) is 10.9. The molecule has 0 aliphatic heterocycles. The molecular formula is C29H19ClN2O3. The highest BCUT2D eigenvalue weighted by Crippen LogP contribution is 2.30. The number of halogens is 1. The molecule has 0 radical (unpaired) electrons. The fourth-order valence-electron chi connectivity index (χ4n) is 3.75. The Hall–Kier alpha value is -4.48. The third-order valence-electron chi connectivity index (χ3n) is 5.48. The fraction of sp³-hybridized carbons (Fsp3) is 0. The quantitative estimate of drug-likeness (QED) is 0.263. The summed E-state index contributed by atoms with van der Waals surface area (Å²) in [5.41, 5.74) is 2.95. The lowest BCUT2D eigenvalue weighted by molar-refractivity contribution is 0.102. The Morgan fingerprint density at radius 1 is 0.771 bits per heavy atom. The summed E-state index contributed by atoms with van der Waals surface area (Å²) in [7, 11) is 0. The summed E-state index contributed by atoms with van der Waals surface area (Å²) in [6.45, 7) is 0. The second-order valence-electron chi connectivity index (χ2n) is 7.78. The van der Waals surface area contributed by atoms with E-state index in [0.717, 1.165) is 5.56 Å². The predicted molar refractivity (Wildman–Crippen MR) is 137 cm³/mol. The Morgan fingerprint density at radius 2 is 1.46 bits per heavy atom. The van der Waals surface area contributed by atoms with E-state index in [9.17, 15) is 9.59 Å². The van der Waals surface area contributed by atoms with Gasteiger partial charge in [-0.3, -0.25) is 9.59 Å². The summed E-state index contributed by atoms with van der Waals surface area (Å²) in [5, 5.41) is 3.26. The minimum atomic E-state index is -0.399. The Balaban J connectivity index is 1.47. The van der Waals surface area contributed by atoms with Gasteiger partial charge >= 0.3 is 0 Å². The average Bonchev–Trinajstić information content (AvgIpc) is 3.40. The molecule has 1 heterocycles. The molecule has 0 saturated heterocycles. The first-order valence-corrected chi connectivity index (χ1v) is 11.3. The van der Waals surface area contributed by atoms with Crippen molar-refractivity contribution in [2.24, 2.45) is 0 Å². The number of anilines is 1. The van der Waals surface area contributed by atoms with Gasteiger partial charge in [-0.15, -0.1) is 0 Å². The zero-order valence-corrected chi connectivity index (χ0v) is 19.2. The molecule has 0 aliphatic rings. The monoisotopic (exact) mass is 478 g/mol. The molecular weight excluding hydrogens is 460 g/mol. The molecule has 0 spiro atoms. The molecule has 0 unspecified atom stereocenters. The van der Waals surface area contributed by atoms with Crippen LogP contribution in [-0.4, -0.2) is 16.7 Å². The summed E-state index contributed by atoms with van der Waals surface area (Å²) >= 11 is 6.17. The maximum Gasteiger partial charge on any atom is 0.256 e. The van der Waals surface area contributed by atoms with Gasteiger partial charge in [-0.05, 0) is 30.3 Å². The largest absolute Gasteiger partial charge is 0.436 e. The van der Waals surface area contributed by atoms with Gasteiger partial charge in [-0.2, -0.15) is 0 Å². The lowest BCUT2D eigenvalue weighted by Crippen LogP contribution is -2.16. The highest BCUT2D eigenvalue weighted by Gasteiger charge is 2.20. The van der Waals surface area contributed by atoms with Gasteiger partial charge in [0, 0.05) is 27.3 Å². The lowest BCUT2D eigenvalue weighted by atomic mass is 10.0. The Labute approximate surface area is 207 Å². The highest BCUT2D eigenvalue weighted by atomic mass is 35.5.